The lowest BCUT2D eigenvalue weighted by molar-refractivity contribution is -0.142. The third-order valence-corrected chi connectivity index (χ3v) is 2.68. The molecule has 1 amide bonds. The minimum Gasteiger partial charge on any atom is -0.468 e. The van der Waals surface area contributed by atoms with E-state index in [0.29, 0.717) is 19.7 Å². The van der Waals surface area contributed by atoms with Crippen LogP contribution in [0.1, 0.15) is 0 Å². The van der Waals surface area contributed by atoms with Gasteiger partial charge in [0.25, 0.3) is 0 Å². The van der Waals surface area contributed by atoms with Crippen LogP contribution >= 0.6 is 0 Å². The van der Waals surface area contributed by atoms with E-state index in [4.69, 9.17) is 4.74 Å². The molecule has 2 heterocycles. The Kier molecular flexibility index (Phi) is 2.07. The first-order chi connectivity index (χ1) is 6.68. The second-order valence-electron chi connectivity index (χ2n) is 3.54. The fourth-order valence-corrected chi connectivity index (χ4v) is 1.68. The van der Waals surface area contributed by atoms with Crippen molar-refractivity contribution in [1.29, 1.82) is 0 Å². The minimum atomic E-state index is -0.433. The molecule has 1 N–H and O–H groups in total. The first-order valence-corrected chi connectivity index (χ1v) is 4.40. The summed E-state index contributed by atoms with van der Waals surface area (Å²) < 4.78 is 9.42. The summed E-state index contributed by atoms with van der Waals surface area (Å²) in [5.41, 5.74) is -0.314. The lowest BCUT2D eigenvalue weighted by atomic mass is 9.92. The van der Waals surface area contributed by atoms with E-state index < -0.39 is 12.1 Å². The average molecular weight is 200 g/mol. The number of hydrogen-bond donors (Lipinski definition) is 1. The number of esters is 1. The number of nitrogens with zero attached hydrogens (tertiary/aromatic N) is 1. The highest BCUT2D eigenvalue weighted by atomic mass is 16.6. The molecule has 0 aromatic heterocycles. The number of hydrogen-bond acceptors (Lipinski definition) is 5. The van der Waals surface area contributed by atoms with Gasteiger partial charge in [0.15, 0.2) is 0 Å². The van der Waals surface area contributed by atoms with Gasteiger partial charge in [0, 0.05) is 13.1 Å². The Morgan fingerprint density at radius 1 is 1.71 bits per heavy atom. The van der Waals surface area contributed by atoms with Gasteiger partial charge in [-0.1, -0.05) is 0 Å². The van der Waals surface area contributed by atoms with Crippen LogP contribution in [0.3, 0.4) is 0 Å². The van der Waals surface area contributed by atoms with E-state index in [1.165, 1.54) is 12.0 Å². The summed E-state index contributed by atoms with van der Waals surface area (Å²) in [4.78, 5) is 23.8. The summed E-state index contributed by atoms with van der Waals surface area (Å²) in [5.74, 6) is -0.421. The molecule has 2 aliphatic rings. The summed E-state index contributed by atoms with van der Waals surface area (Å²) >= 11 is 0. The van der Waals surface area contributed by atoms with Crippen LogP contribution in [0, 0.1) is 0 Å². The van der Waals surface area contributed by atoms with Gasteiger partial charge in [0.05, 0.1) is 7.11 Å². The molecule has 2 fully saturated rings. The van der Waals surface area contributed by atoms with Crippen molar-refractivity contribution in [3.8, 4) is 0 Å². The Bertz CT molecular complexity index is 275. The van der Waals surface area contributed by atoms with Gasteiger partial charge in [0.1, 0.15) is 18.7 Å². The zero-order chi connectivity index (χ0) is 10.2. The van der Waals surface area contributed by atoms with Crippen molar-refractivity contribution in [3.05, 3.63) is 0 Å². The predicted octanol–water partition coefficient (Wildman–Crippen LogP) is -1.05. The fraction of sp³-hybridized carbons (Fsp3) is 0.750. The first-order valence-electron chi connectivity index (χ1n) is 4.40. The quantitative estimate of drug-likeness (QED) is 0.576. The third kappa shape index (κ3) is 1.22. The van der Waals surface area contributed by atoms with Crippen molar-refractivity contribution in [1.82, 2.24) is 10.2 Å². The number of carbonyl (C=O) groups excluding carboxylic acids is 2. The van der Waals surface area contributed by atoms with Crippen LogP contribution in [0.2, 0.25) is 0 Å². The monoisotopic (exact) mass is 200 g/mol. The molecule has 14 heavy (non-hydrogen) atoms. The van der Waals surface area contributed by atoms with Gasteiger partial charge in [-0.2, -0.15) is 0 Å². The summed E-state index contributed by atoms with van der Waals surface area (Å²) in [6.07, 6.45) is -0.433. The molecule has 0 aliphatic carbocycles. The Hall–Kier alpha value is -1.30. The van der Waals surface area contributed by atoms with Gasteiger partial charge >= 0.3 is 12.1 Å². The summed E-state index contributed by atoms with van der Waals surface area (Å²) in [6, 6.07) is 0. The van der Waals surface area contributed by atoms with Gasteiger partial charge in [-0.15, -0.1) is 0 Å². The smallest absolute Gasteiger partial charge is 0.411 e. The number of ether oxygens (including phenoxy) is 2. The third-order valence-electron chi connectivity index (χ3n) is 2.68. The molecule has 6 heteroatoms. The molecule has 0 aromatic rings. The predicted molar refractivity (Wildman–Crippen MR) is 45.7 cm³/mol. The van der Waals surface area contributed by atoms with E-state index in [9.17, 15) is 9.59 Å². The Balaban J connectivity index is 2.06. The molecule has 0 atom stereocenters. The maximum Gasteiger partial charge on any atom is 0.411 e. The van der Waals surface area contributed by atoms with Crippen LogP contribution < -0.4 is 5.32 Å². The molecule has 2 aliphatic heterocycles. The number of amides is 1. The standard InChI is InChI=1S/C8H12N2O4/c1-13-6(11)2-10-7(12)14-5-8(10)3-9-4-8/h9H,2-5H2,1H3. The summed E-state index contributed by atoms with van der Waals surface area (Å²) in [6.45, 7) is 1.68. The van der Waals surface area contributed by atoms with Crippen LogP contribution in [0.25, 0.3) is 0 Å². The Morgan fingerprint density at radius 3 is 2.93 bits per heavy atom. The van der Waals surface area contributed by atoms with Gasteiger partial charge in [-0.25, -0.2) is 4.79 Å². The Morgan fingerprint density at radius 2 is 2.43 bits per heavy atom. The van der Waals surface area contributed by atoms with Crippen LogP contribution in [0.15, 0.2) is 0 Å². The number of cyclic esters (lactones) is 1. The molecule has 1 spiro atoms. The Labute approximate surface area is 81.1 Å². The highest BCUT2D eigenvalue weighted by molar-refractivity contribution is 5.80. The zero-order valence-electron chi connectivity index (χ0n) is 7.91. The zero-order valence-corrected chi connectivity index (χ0v) is 7.91. The molecule has 2 rings (SSSR count). The first kappa shape index (κ1) is 9.26. The van der Waals surface area contributed by atoms with Gasteiger partial charge < -0.3 is 14.8 Å². The molecular weight excluding hydrogens is 188 g/mol. The van der Waals surface area contributed by atoms with E-state index in [1.807, 2.05) is 0 Å². The maximum atomic E-state index is 11.3. The van der Waals surface area contributed by atoms with E-state index in [-0.39, 0.29) is 12.1 Å². The van der Waals surface area contributed by atoms with E-state index >= 15 is 0 Å². The summed E-state index contributed by atoms with van der Waals surface area (Å²) in [5, 5.41) is 3.06. The molecule has 6 nitrogen and oxygen atoms in total. The molecule has 78 valence electrons. The van der Waals surface area contributed by atoms with Crippen LogP contribution in [-0.4, -0.2) is 55.9 Å². The van der Waals surface area contributed by atoms with Gasteiger partial charge in [-0.3, -0.25) is 9.69 Å². The molecule has 0 aromatic carbocycles. The van der Waals surface area contributed by atoms with Crippen LogP contribution in [0.4, 0.5) is 4.79 Å². The van der Waals surface area contributed by atoms with Crippen molar-refractivity contribution >= 4 is 12.1 Å². The molecule has 0 bridgehead atoms. The second kappa shape index (κ2) is 3.13. The van der Waals surface area contributed by atoms with Crippen molar-refractivity contribution < 1.29 is 19.1 Å². The largest absolute Gasteiger partial charge is 0.468 e. The van der Waals surface area contributed by atoms with Gasteiger partial charge in [-0.05, 0) is 0 Å². The van der Waals surface area contributed by atoms with Crippen molar-refractivity contribution in [2.45, 2.75) is 5.54 Å². The number of nitrogens with one attached hydrogen (secondary N) is 1. The topological polar surface area (TPSA) is 67.9 Å². The minimum absolute atomic E-state index is 0.0307. The highest BCUT2D eigenvalue weighted by Crippen LogP contribution is 2.27. The number of methoxy groups -OCH3 is 1. The number of rotatable bonds is 2. The van der Waals surface area contributed by atoms with Crippen molar-refractivity contribution in [2.75, 3.05) is 33.4 Å². The highest BCUT2D eigenvalue weighted by Gasteiger charge is 2.52. The van der Waals surface area contributed by atoms with Gasteiger partial charge in [0.2, 0.25) is 0 Å². The van der Waals surface area contributed by atoms with Crippen LogP contribution in [-0.2, 0) is 14.3 Å². The normalized spacial score (nSPS) is 23.2. The van der Waals surface area contributed by atoms with E-state index in [0.717, 1.165) is 0 Å². The molecule has 2 saturated heterocycles. The van der Waals surface area contributed by atoms with E-state index in [1.54, 1.807) is 0 Å². The van der Waals surface area contributed by atoms with Crippen molar-refractivity contribution in [3.63, 3.8) is 0 Å². The van der Waals surface area contributed by atoms with Crippen LogP contribution in [0.5, 0.6) is 0 Å². The second-order valence-corrected chi connectivity index (χ2v) is 3.54. The average Bonchev–Trinajstić information content (AvgIpc) is 2.44. The summed E-state index contributed by atoms with van der Waals surface area (Å²) in [7, 11) is 1.30. The lowest BCUT2D eigenvalue weighted by Crippen LogP contribution is -2.68. The maximum absolute atomic E-state index is 11.3. The molecular formula is C8H12N2O4. The fourth-order valence-electron chi connectivity index (χ4n) is 1.68. The SMILES string of the molecule is COC(=O)CN1C(=O)OCC12CNC2. The molecule has 0 unspecified atom stereocenters. The molecule has 0 radical (unpaired) electrons. The molecule has 0 saturated carbocycles. The number of carbonyl (C=O) groups is 2. The lowest BCUT2D eigenvalue weighted by Gasteiger charge is -2.42. The van der Waals surface area contributed by atoms with Crippen molar-refractivity contribution in [2.24, 2.45) is 0 Å². The van der Waals surface area contributed by atoms with E-state index in [2.05, 4.69) is 10.1 Å².